The van der Waals surface area contributed by atoms with Crippen LogP contribution in [0.25, 0.3) is 0 Å². The number of hydrogen-bond acceptors (Lipinski definition) is 3. The van der Waals surface area contributed by atoms with Crippen molar-refractivity contribution in [2.24, 2.45) is 5.92 Å². The van der Waals surface area contributed by atoms with E-state index in [2.05, 4.69) is 5.32 Å². The topological polar surface area (TPSA) is 63.5 Å². The second-order valence-corrected chi connectivity index (χ2v) is 4.50. The van der Waals surface area contributed by atoms with Gasteiger partial charge in [0.1, 0.15) is 5.69 Å². The first kappa shape index (κ1) is 14.7. The minimum atomic E-state index is -0.121. The van der Waals surface area contributed by atoms with Crippen LogP contribution in [0.15, 0.2) is 18.3 Å². The molecule has 1 aromatic heterocycles. The van der Waals surface area contributed by atoms with Crippen molar-refractivity contribution in [3.63, 3.8) is 0 Å². The van der Waals surface area contributed by atoms with E-state index in [1.165, 1.54) is 0 Å². The molecule has 1 rings (SSSR count). The number of rotatable bonds is 7. The van der Waals surface area contributed by atoms with Gasteiger partial charge in [0.15, 0.2) is 0 Å². The number of nitrogens with one attached hydrogen (secondary N) is 1. The molecule has 0 bridgehead atoms. The molecule has 0 aliphatic heterocycles. The molecule has 5 heteroatoms. The molecule has 2 unspecified atom stereocenters. The van der Waals surface area contributed by atoms with E-state index in [-0.39, 0.29) is 24.5 Å². The molecule has 0 aliphatic rings. The second-order valence-electron chi connectivity index (χ2n) is 4.50. The van der Waals surface area contributed by atoms with Gasteiger partial charge in [0.05, 0.1) is 6.61 Å². The standard InChI is InChI=1S/C13H22N2O3/c1-10(9-16)11(2)14-13(17)12-5-4-6-15(12)7-8-18-3/h4-6,10-11,16H,7-9H2,1-3H3,(H,14,17). The van der Waals surface area contributed by atoms with Crippen LogP contribution in [-0.4, -0.2) is 41.9 Å². The fourth-order valence-corrected chi connectivity index (χ4v) is 1.59. The summed E-state index contributed by atoms with van der Waals surface area (Å²) in [5, 5.41) is 11.9. The Kier molecular flexibility index (Phi) is 5.88. The van der Waals surface area contributed by atoms with Gasteiger partial charge in [-0.3, -0.25) is 4.79 Å². The Morgan fingerprint density at radius 1 is 1.56 bits per heavy atom. The van der Waals surface area contributed by atoms with Gasteiger partial charge in [-0.25, -0.2) is 0 Å². The summed E-state index contributed by atoms with van der Waals surface area (Å²) in [6.45, 7) is 5.07. The fourth-order valence-electron chi connectivity index (χ4n) is 1.59. The van der Waals surface area contributed by atoms with E-state index < -0.39 is 0 Å². The smallest absolute Gasteiger partial charge is 0.268 e. The van der Waals surface area contributed by atoms with Crippen LogP contribution in [0, 0.1) is 5.92 Å². The predicted octanol–water partition coefficient (Wildman–Crippen LogP) is 0.881. The summed E-state index contributed by atoms with van der Waals surface area (Å²) >= 11 is 0. The van der Waals surface area contributed by atoms with Crippen LogP contribution in [0.4, 0.5) is 0 Å². The molecule has 1 amide bonds. The number of methoxy groups -OCH3 is 1. The zero-order valence-electron chi connectivity index (χ0n) is 11.2. The molecule has 0 aliphatic carbocycles. The molecule has 102 valence electrons. The van der Waals surface area contributed by atoms with Crippen molar-refractivity contribution in [1.82, 2.24) is 9.88 Å². The van der Waals surface area contributed by atoms with E-state index in [0.717, 1.165) is 0 Å². The lowest BCUT2D eigenvalue weighted by molar-refractivity contribution is 0.0904. The minimum Gasteiger partial charge on any atom is -0.396 e. The van der Waals surface area contributed by atoms with E-state index in [9.17, 15) is 4.79 Å². The van der Waals surface area contributed by atoms with Gasteiger partial charge in [0.2, 0.25) is 0 Å². The highest BCUT2D eigenvalue weighted by Gasteiger charge is 2.17. The lowest BCUT2D eigenvalue weighted by Crippen LogP contribution is -2.39. The maximum absolute atomic E-state index is 12.1. The summed E-state index contributed by atoms with van der Waals surface area (Å²) in [4.78, 5) is 12.1. The van der Waals surface area contributed by atoms with E-state index >= 15 is 0 Å². The van der Waals surface area contributed by atoms with Gasteiger partial charge in [-0.05, 0) is 25.0 Å². The Morgan fingerprint density at radius 3 is 2.89 bits per heavy atom. The van der Waals surface area contributed by atoms with Crippen molar-refractivity contribution >= 4 is 5.91 Å². The summed E-state index contributed by atoms with van der Waals surface area (Å²) in [5.74, 6) is -0.0831. The number of carbonyl (C=O) groups is 1. The van der Waals surface area contributed by atoms with Gasteiger partial charge in [0, 0.05) is 32.5 Å². The van der Waals surface area contributed by atoms with E-state index in [4.69, 9.17) is 9.84 Å². The van der Waals surface area contributed by atoms with E-state index in [1.54, 1.807) is 13.2 Å². The lowest BCUT2D eigenvalue weighted by atomic mass is 10.1. The molecular formula is C13H22N2O3. The summed E-state index contributed by atoms with van der Waals surface area (Å²) in [7, 11) is 1.63. The summed E-state index contributed by atoms with van der Waals surface area (Å²) < 4.78 is 6.86. The molecule has 0 aromatic carbocycles. The zero-order valence-corrected chi connectivity index (χ0v) is 11.2. The SMILES string of the molecule is COCCn1cccc1C(=O)NC(C)C(C)CO. The summed E-state index contributed by atoms with van der Waals surface area (Å²) in [6.07, 6.45) is 1.86. The predicted molar refractivity (Wildman–Crippen MR) is 69.5 cm³/mol. The Balaban J connectivity index is 2.63. The first-order chi connectivity index (χ1) is 8.60. The highest BCUT2D eigenvalue weighted by atomic mass is 16.5. The molecule has 0 spiro atoms. The van der Waals surface area contributed by atoms with Gasteiger partial charge in [0.25, 0.3) is 5.91 Å². The molecular weight excluding hydrogens is 232 g/mol. The number of nitrogens with zero attached hydrogens (tertiary/aromatic N) is 1. The van der Waals surface area contributed by atoms with Crippen molar-refractivity contribution in [2.45, 2.75) is 26.4 Å². The van der Waals surface area contributed by atoms with Crippen LogP contribution < -0.4 is 5.32 Å². The van der Waals surface area contributed by atoms with Gasteiger partial charge in [-0.1, -0.05) is 6.92 Å². The third-order valence-electron chi connectivity index (χ3n) is 3.10. The Hall–Kier alpha value is -1.33. The number of aliphatic hydroxyl groups excluding tert-OH is 1. The number of aliphatic hydroxyl groups is 1. The number of ether oxygens (including phenoxy) is 1. The largest absolute Gasteiger partial charge is 0.396 e. The minimum absolute atomic E-state index is 0.0383. The van der Waals surface area contributed by atoms with Crippen LogP contribution in [0.1, 0.15) is 24.3 Å². The normalized spacial score (nSPS) is 14.2. The molecule has 1 aromatic rings. The molecule has 0 saturated heterocycles. The Labute approximate surface area is 108 Å². The maximum Gasteiger partial charge on any atom is 0.268 e. The zero-order chi connectivity index (χ0) is 13.5. The molecule has 1 heterocycles. The monoisotopic (exact) mass is 254 g/mol. The van der Waals surface area contributed by atoms with Gasteiger partial charge in [-0.2, -0.15) is 0 Å². The van der Waals surface area contributed by atoms with Crippen LogP contribution in [0.5, 0.6) is 0 Å². The highest BCUT2D eigenvalue weighted by molar-refractivity contribution is 5.92. The van der Waals surface area contributed by atoms with Gasteiger partial charge >= 0.3 is 0 Å². The number of aromatic nitrogens is 1. The summed E-state index contributed by atoms with van der Waals surface area (Å²) in [5.41, 5.74) is 0.615. The highest BCUT2D eigenvalue weighted by Crippen LogP contribution is 2.06. The quantitative estimate of drug-likeness (QED) is 0.759. The molecule has 0 radical (unpaired) electrons. The first-order valence-electron chi connectivity index (χ1n) is 6.16. The van der Waals surface area contributed by atoms with Crippen molar-refractivity contribution in [3.05, 3.63) is 24.0 Å². The fraction of sp³-hybridized carbons (Fsp3) is 0.615. The molecule has 2 atom stereocenters. The van der Waals surface area contributed by atoms with Crippen molar-refractivity contribution < 1.29 is 14.6 Å². The third kappa shape index (κ3) is 3.85. The van der Waals surface area contributed by atoms with Gasteiger partial charge < -0.3 is 19.7 Å². The average Bonchev–Trinajstić information content (AvgIpc) is 2.83. The number of hydrogen-bond donors (Lipinski definition) is 2. The van der Waals surface area contributed by atoms with Crippen molar-refractivity contribution in [1.29, 1.82) is 0 Å². The average molecular weight is 254 g/mol. The molecule has 18 heavy (non-hydrogen) atoms. The van der Waals surface area contributed by atoms with E-state index in [0.29, 0.717) is 18.8 Å². The number of carbonyl (C=O) groups excluding carboxylic acids is 1. The molecule has 5 nitrogen and oxygen atoms in total. The Morgan fingerprint density at radius 2 is 2.28 bits per heavy atom. The van der Waals surface area contributed by atoms with Crippen LogP contribution in [-0.2, 0) is 11.3 Å². The molecule has 2 N–H and O–H groups in total. The van der Waals surface area contributed by atoms with Crippen molar-refractivity contribution in [3.8, 4) is 0 Å². The second kappa shape index (κ2) is 7.18. The molecule has 0 saturated carbocycles. The molecule has 0 fully saturated rings. The number of amides is 1. The summed E-state index contributed by atoms with van der Waals surface area (Å²) in [6, 6.07) is 3.56. The van der Waals surface area contributed by atoms with Crippen molar-refractivity contribution in [2.75, 3.05) is 20.3 Å². The maximum atomic E-state index is 12.1. The van der Waals surface area contributed by atoms with Gasteiger partial charge in [-0.15, -0.1) is 0 Å². The lowest BCUT2D eigenvalue weighted by Gasteiger charge is -2.19. The third-order valence-corrected chi connectivity index (χ3v) is 3.10. The van der Waals surface area contributed by atoms with Crippen LogP contribution >= 0.6 is 0 Å². The first-order valence-corrected chi connectivity index (χ1v) is 6.16. The Bertz CT molecular complexity index is 376. The van der Waals surface area contributed by atoms with E-state index in [1.807, 2.05) is 30.7 Å². The van der Waals surface area contributed by atoms with Crippen LogP contribution in [0.3, 0.4) is 0 Å². The van der Waals surface area contributed by atoms with Crippen LogP contribution in [0.2, 0.25) is 0 Å².